The maximum absolute atomic E-state index is 4.46. The minimum Gasteiger partial charge on any atom is -0.354 e. The smallest absolute Gasteiger partial charge is 0.128 e. The summed E-state index contributed by atoms with van der Waals surface area (Å²) in [4.78, 5) is 20.7. The third-order valence-electron chi connectivity index (χ3n) is 5.10. The van der Waals surface area contributed by atoms with Gasteiger partial charge in [-0.3, -0.25) is 19.8 Å². The highest BCUT2D eigenvalue weighted by molar-refractivity contribution is 5.38. The van der Waals surface area contributed by atoms with Gasteiger partial charge in [0, 0.05) is 70.4 Å². The van der Waals surface area contributed by atoms with Crippen LogP contribution in [0.15, 0.2) is 36.8 Å². The fourth-order valence-corrected chi connectivity index (χ4v) is 3.56. The molecule has 2 aromatic heterocycles. The summed E-state index contributed by atoms with van der Waals surface area (Å²) in [6.45, 7) is 9.62. The minimum absolute atomic E-state index is 0.688. The molecule has 0 unspecified atom stereocenters. The van der Waals surface area contributed by atoms with Crippen LogP contribution in [0.25, 0.3) is 0 Å². The molecule has 0 radical (unpaired) electrons. The number of aromatic nitrogens is 3. The van der Waals surface area contributed by atoms with E-state index in [1.165, 1.54) is 0 Å². The van der Waals surface area contributed by atoms with Crippen LogP contribution in [0.5, 0.6) is 0 Å². The van der Waals surface area contributed by atoms with Gasteiger partial charge in [-0.2, -0.15) is 0 Å². The molecule has 2 saturated heterocycles. The van der Waals surface area contributed by atoms with Crippen LogP contribution < -0.4 is 4.90 Å². The summed E-state index contributed by atoms with van der Waals surface area (Å²) >= 11 is 0. The molecular formula is C18H24N6. The molecule has 0 amide bonds. The van der Waals surface area contributed by atoms with Gasteiger partial charge < -0.3 is 4.90 Å². The highest BCUT2D eigenvalue weighted by Crippen LogP contribution is 2.21. The molecule has 4 heterocycles. The molecule has 0 saturated carbocycles. The molecule has 6 nitrogen and oxygen atoms in total. The Balaban J connectivity index is 1.25. The van der Waals surface area contributed by atoms with E-state index in [1.54, 1.807) is 12.4 Å². The molecule has 24 heavy (non-hydrogen) atoms. The molecule has 0 spiro atoms. The molecule has 2 aliphatic rings. The van der Waals surface area contributed by atoms with Crippen LogP contribution in [0, 0.1) is 6.92 Å². The molecule has 0 atom stereocenters. The summed E-state index contributed by atoms with van der Waals surface area (Å²) in [5, 5.41) is 0. The van der Waals surface area contributed by atoms with E-state index in [1.807, 2.05) is 19.2 Å². The van der Waals surface area contributed by atoms with Crippen LogP contribution in [0.4, 0.5) is 5.82 Å². The van der Waals surface area contributed by atoms with Crippen molar-refractivity contribution in [2.24, 2.45) is 0 Å². The molecule has 0 bridgehead atoms. The van der Waals surface area contributed by atoms with Gasteiger partial charge in [-0.1, -0.05) is 6.07 Å². The van der Waals surface area contributed by atoms with E-state index in [0.29, 0.717) is 6.04 Å². The Morgan fingerprint density at radius 1 is 0.958 bits per heavy atom. The van der Waals surface area contributed by atoms with E-state index in [-0.39, 0.29) is 0 Å². The van der Waals surface area contributed by atoms with Crippen LogP contribution >= 0.6 is 0 Å². The predicted molar refractivity (Wildman–Crippen MR) is 93.9 cm³/mol. The van der Waals surface area contributed by atoms with Crippen molar-refractivity contribution < 1.29 is 0 Å². The van der Waals surface area contributed by atoms with Gasteiger partial charge in [-0.05, 0) is 19.1 Å². The van der Waals surface area contributed by atoms with Gasteiger partial charge in [0.25, 0.3) is 0 Å². The van der Waals surface area contributed by atoms with E-state index >= 15 is 0 Å². The number of nitrogens with zero attached hydrogens (tertiary/aromatic N) is 6. The normalized spacial score (nSPS) is 20.1. The standard InChI is InChI=1S/C18H24N6/c1-15-17(20-7-6-19-15)14-22-12-16(13-22)23-8-10-24(11-9-23)18-4-2-3-5-21-18/h2-7,16H,8-14H2,1H3. The maximum atomic E-state index is 4.46. The Bertz CT molecular complexity index is 662. The molecule has 0 N–H and O–H groups in total. The van der Waals surface area contributed by atoms with E-state index in [9.17, 15) is 0 Å². The topological polar surface area (TPSA) is 48.4 Å². The van der Waals surface area contributed by atoms with Crippen molar-refractivity contribution in [1.29, 1.82) is 0 Å². The van der Waals surface area contributed by atoms with Gasteiger partial charge in [0.05, 0.1) is 11.4 Å². The Morgan fingerprint density at radius 3 is 2.46 bits per heavy atom. The number of anilines is 1. The van der Waals surface area contributed by atoms with Gasteiger partial charge in [-0.25, -0.2) is 4.98 Å². The zero-order valence-corrected chi connectivity index (χ0v) is 14.2. The van der Waals surface area contributed by atoms with Crippen LogP contribution in [-0.4, -0.2) is 70.1 Å². The van der Waals surface area contributed by atoms with Crippen LogP contribution in [-0.2, 0) is 6.54 Å². The lowest BCUT2D eigenvalue weighted by Gasteiger charge is -2.48. The summed E-state index contributed by atoms with van der Waals surface area (Å²) in [5.41, 5.74) is 2.15. The molecule has 6 heteroatoms. The molecule has 2 fully saturated rings. The van der Waals surface area contributed by atoms with Gasteiger partial charge in [0.2, 0.25) is 0 Å². The van der Waals surface area contributed by atoms with E-state index in [4.69, 9.17) is 0 Å². The molecule has 0 aliphatic carbocycles. The molecule has 4 rings (SSSR count). The second-order valence-corrected chi connectivity index (χ2v) is 6.65. The molecule has 0 aromatic carbocycles. The van der Waals surface area contributed by atoms with Gasteiger partial charge in [-0.15, -0.1) is 0 Å². The van der Waals surface area contributed by atoms with Crippen molar-refractivity contribution in [3.63, 3.8) is 0 Å². The maximum Gasteiger partial charge on any atom is 0.128 e. The number of hydrogen-bond donors (Lipinski definition) is 0. The Morgan fingerprint density at radius 2 is 1.75 bits per heavy atom. The Kier molecular flexibility index (Phi) is 4.40. The van der Waals surface area contributed by atoms with E-state index in [0.717, 1.165) is 63.0 Å². The second kappa shape index (κ2) is 6.83. The van der Waals surface area contributed by atoms with Crippen LogP contribution in [0.1, 0.15) is 11.4 Å². The van der Waals surface area contributed by atoms with Gasteiger partial charge >= 0.3 is 0 Å². The third-order valence-corrected chi connectivity index (χ3v) is 5.10. The summed E-state index contributed by atoms with van der Waals surface area (Å²) in [5.74, 6) is 1.10. The van der Waals surface area contributed by atoms with Crippen molar-refractivity contribution in [2.45, 2.75) is 19.5 Å². The number of aryl methyl sites for hydroxylation is 1. The van der Waals surface area contributed by atoms with Gasteiger partial charge in [0.15, 0.2) is 0 Å². The van der Waals surface area contributed by atoms with Crippen LogP contribution in [0.3, 0.4) is 0 Å². The largest absolute Gasteiger partial charge is 0.354 e. The predicted octanol–water partition coefficient (Wildman–Crippen LogP) is 1.19. The zero-order valence-electron chi connectivity index (χ0n) is 14.2. The summed E-state index contributed by atoms with van der Waals surface area (Å²) in [6, 6.07) is 6.83. The fraction of sp³-hybridized carbons (Fsp3) is 0.500. The molecule has 2 aromatic rings. The highest BCUT2D eigenvalue weighted by Gasteiger charge is 2.33. The van der Waals surface area contributed by atoms with E-state index in [2.05, 4.69) is 41.8 Å². The van der Waals surface area contributed by atoms with Crippen molar-refractivity contribution in [2.75, 3.05) is 44.2 Å². The summed E-state index contributed by atoms with van der Waals surface area (Å²) in [6.07, 6.45) is 5.43. The number of piperazine rings is 1. The lowest BCUT2D eigenvalue weighted by atomic mass is 10.1. The zero-order chi connectivity index (χ0) is 16.4. The third kappa shape index (κ3) is 3.25. The summed E-state index contributed by atoms with van der Waals surface area (Å²) in [7, 11) is 0. The quantitative estimate of drug-likeness (QED) is 0.842. The lowest BCUT2D eigenvalue weighted by Crippen LogP contribution is -2.62. The van der Waals surface area contributed by atoms with Crippen molar-refractivity contribution in [3.05, 3.63) is 48.2 Å². The number of rotatable bonds is 4. The molecule has 126 valence electrons. The number of hydrogen-bond acceptors (Lipinski definition) is 6. The van der Waals surface area contributed by atoms with Crippen molar-refractivity contribution in [3.8, 4) is 0 Å². The first-order chi connectivity index (χ1) is 11.8. The Hall–Kier alpha value is -2.05. The average Bonchev–Trinajstić information content (AvgIpc) is 2.60. The Labute approximate surface area is 143 Å². The first-order valence-electron chi connectivity index (χ1n) is 8.68. The minimum atomic E-state index is 0.688. The first-order valence-corrected chi connectivity index (χ1v) is 8.68. The van der Waals surface area contributed by atoms with E-state index < -0.39 is 0 Å². The molecular weight excluding hydrogens is 300 g/mol. The fourth-order valence-electron chi connectivity index (χ4n) is 3.56. The molecule has 2 aliphatic heterocycles. The van der Waals surface area contributed by atoms with Crippen LogP contribution in [0.2, 0.25) is 0 Å². The lowest BCUT2D eigenvalue weighted by molar-refractivity contribution is 0.0246. The van der Waals surface area contributed by atoms with Gasteiger partial charge in [0.1, 0.15) is 5.82 Å². The monoisotopic (exact) mass is 324 g/mol. The highest BCUT2D eigenvalue weighted by atomic mass is 15.4. The first kappa shape index (κ1) is 15.5. The number of likely N-dealkylation sites (tertiary alicyclic amines) is 1. The van der Waals surface area contributed by atoms with Crippen molar-refractivity contribution in [1.82, 2.24) is 24.8 Å². The average molecular weight is 324 g/mol. The number of pyridine rings is 1. The summed E-state index contributed by atoms with van der Waals surface area (Å²) < 4.78 is 0. The van der Waals surface area contributed by atoms with Crippen molar-refractivity contribution >= 4 is 5.82 Å². The second-order valence-electron chi connectivity index (χ2n) is 6.65. The SMILES string of the molecule is Cc1nccnc1CN1CC(N2CCN(c3ccccn3)CC2)C1.